The van der Waals surface area contributed by atoms with E-state index < -0.39 is 24.0 Å². The van der Waals surface area contributed by atoms with E-state index >= 15 is 0 Å². The van der Waals surface area contributed by atoms with Crippen molar-refractivity contribution in [1.29, 1.82) is 0 Å². The number of hydrogen-bond donors (Lipinski definition) is 2. The largest absolute Gasteiger partial charge is 0.449 e. The molecule has 184 valence electrons. The fourth-order valence-corrected chi connectivity index (χ4v) is 3.59. The van der Waals surface area contributed by atoms with Gasteiger partial charge in [-0.05, 0) is 37.6 Å². The molecule has 2 aromatic heterocycles. The van der Waals surface area contributed by atoms with Gasteiger partial charge in [-0.3, -0.25) is 10.1 Å². The van der Waals surface area contributed by atoms with Gasteiger partial charge in [-0.2, -0.15) is 5.10 Å². The number of imide groups is 1. The monoisotopic (exact) mass is 489 g/mol. The second kappa shape index (κ2) is 10.8. The third kappa shape index (κ3) is 5.54. The average molecular weight is 490 g/mol. The Morgan fingerprint density at radius 3 is 2.58 bits per heavy atom. The molecule has 0 saturated carbocycles. The zero-order valence-electron chi connectivity index (χ0n) is 19.7. The van der Waals surface area contributed by atoms with Gasteiger partial charge in [0.05, 0.1) is 29.4 Å². The van der Waals surface area contributed by atoms with Gasteiger partial charge >= 0.3 is 12.0 Å². The number of carbonyl (C=O) groups excluding carboxylic acids is 3. The summed E-state index contributed by atoms with van der Waals surface area (Å²) < 4.78 is 20.7. The molecule has 0 fully saturated rings. The Kier molecular flexibility index (Phi) is 7.33. The molecule has 36 heavy (non-hydrogen) atoms. The molecule has 4 rings (SSSR count). The van der Waals surface area contributed by atoms with E-state index in [0.29, 0.717) is 28.8 Å². The molecule has 3 amide bonds. The topological polar surface area (TPSA) is 115 Å². The highest BCUT2D eigenvalue weighted by atomic mass is 19.1. The Morgan fingerprint density at radius 2 is 1.86 bits per heavy atom. The molecule has 0 saturated heterocycles. The summed E-state index contributed by atoms with van der Waals surface area (Å²) >= 11 is 0. The van der Waals surface area contributed by atoms with E-state index in [4.69, 9.17) is 9.72 Å². The summed E-state index contributed by atoms with van der Waals surface area (Å²) in [5.74, 6) is -1.90. The molecule has 0 aliphatic rings. The molecular formula is C26H24FN5O4. The molecule has 10 heteroatoms. The predicted molar refractivity (Wildman–Crippen MR) is 131 cm³/mol. The highest BCUT2D eigenvalue weighted by Gasteiger charge is 2.24. The van der Waals surface area contributed by atoms with E-state index in [2.05, 4.69) is 15.7 Å². The predicted octanol–water partition coefficient (Wildman–Crippen LogP) is 3.68. The van der Waals surface area contributed by atoms with Gasteiger partial charge in [0.25, 0.3) is 5.91 Å². The van der Waals surface area contributed by atoms with Gasteiger partial charge in [0.1, 0.15) is 5.82 Å². The Hall–Kier alpha value is -4.60. The summed E-state index contributed by atoms with van der Waals surface area (Å²) in [6, 6.07) is 16.3. The number of fused-ring (bicyclic) bond motifs is 1. The molecule has 1 unspecified atom stereocenters. The first-order valence-corrected chi connectivity index (χ1v) is 11.3. The van der Waals surface area contributed by atoms with Crippen LogP contribution in [0.3, 0.4) is 0 Å². The van der Waals surface area contributed by atoms with E-state index in [1.165, 1.54) is 25.3 Å². The van der Waals surface area contributed by atoms with Gasteiger partial charge in [-0.1, -0.05) is 42.5 Å². The van der Waals surface area contributed by atoms with Gasteiger partial charge in [0.2, 0.25) is 0 Å². The van der Waals surface area contributed by atoms with Crippen molar-refractivity contribution in [3.05, 3.63) is 83.8 Å². The van der Waals surface area contributed by atoms with Crippen LogP contribution in [0, 0.1) is 5.82 Å². The number of hydrogen-bond acceptors (Lipinski definition) is 6. The van der Waals surface area contributed by atoms with Crippen molar-refractivity contribution in [2.45, 2.75) is 26.5 Å². The molecule has 0 spiro atoms. The van der Waals surface area contributed by atoms with Crippen LogP contribution >= 0.6 is 0 Å². The molecule has 0 bridgehead atoms. The molecule has 2 heterocycles. The maximum Gasteiger partial charge on any atom is 0.339 e. The van der Waals surface area contributed by atoms with Crippen LogP contribution in [0.5, 0.6) is 0 Å². The SMILES string of the molecule is CCNC(=O)NC(=O)C(C)OC(=O)c1cc(-c2ccccc2)nc2c1cnn2Cc1cccc(F)c1. The molecular weight excluding hydrogens is 465 g/mol. The number of nitrogens with zero attached hydrogens (tertiary/aromatic N) is 3. The molecule has 0 aliphatic heterocycles. The van der Waals surface area contributed by atoms with Gasteiger partial charge in [-0.25, -0.2) is 23.6 Å². The lowest BCUT2D eigenvalue weighted by Gasteiger charge is -2.14. The first-order valence-electron chi connectivity index (χ1n) is 11.3. The number of pyridine rings is 1. The first kappa shape index (κ1) is 24.5. The normalized spacial score (nSPS) is 11.6. The molecule has 0 radical (unpaired) electrons. The van der Waals surface area contributed by atoms with E-state index in [-0.39, 0.29) is 17.9 Å². The zero-order valence-corrected chi connectivity index (χ0v) is 19.7. The fourth-order valence-electron chi connectivity index (χ4n) is 3.59. The molecule has 2 N–H and O–H groups in total. The lowest BCUT2D eigenvalue weighted by atomic mass is 10.1. The van der Waals surface area contributed by atoms with Gasteiger partial charge in [0.15, 0.2) is 11.8 Å². The number of esters is 1. The second-order valence-corrected chi connectivity index (χ2v) is 7.99. The van der Waals surface area contributed by atoms with E-state index in [9.17, 15) is 18.8 Å². The van der Waals surface area contributed by atoms with Gasteiger partial charge < -0.3 is 10.1 Å². The van der Waals surface area contributed by atoms with E-state index in [1.54, 1.807) is 29.8 Å². The smallest absolute Gasteiger partial charge is 0.339 e. The van der Waals surface area contributed by atoms with Crippen molar-refractivity contribution < 1.29 is 23.5 Å². The van der Waals surface area contributed by atoms with Crippen molar-refractivity contribution >= 4 is 28.9 Å². The lowest BCUT2D eigenvalue weighted by molar-refractivity contribution is -0.127. The van der Waals surface area contributed by atoms with Crippen LogP contribution in [0.25, 0.3) is 22.3 Å². The standard InChI is InChI=1S/C26H24FN5O4/c1-3-28-26(35)31-24(33)16(2)36-25(34)20-13-22(18-9-5-4-6-10-18)30-23-21(20)14-29-32(23)15-17-8-7-11-19(27)12-17/h4-14,16H,3,15H2,1-2H3,(H2,28,31,33,35). The van der Waals surface area contributed by atoms with Crippen LogP contribution in [0.4, 0.5) is 9.18 Å². The minimum absolute atomic E-state index is 0.155. The van der Waals surface area contributed by atoms with Crippen molar-refractivity contribution in [3.63, 3.8) is 0 Å². The summed E-state index contributed by atoms with van der Waals surface area (Å²) in [5, 5.41) is 9.33. The highest BCUT2D eigenvalue weighted by molar-refractivity contribution is 6.05. The van der Waals surface area contributed by atoms with Crippen LogP contribution in [0.15, 0.2) is 66.9 Å². The van der Waals surface area contributed by atoms with Crippen LogP contribution in [0.2, 0.25) is 0 Å². The fraction of sp³-hybridized carbons (Fsp3) is 0.192. The van der Waals surface area contributed by atoms with Gasteiger partial charge in [0, 0.05) is 12.1 Å². The Morgan fingerprint density at radius 1 is 1.08 bits per heavy atom. The third-order valence-electron chi connectivity index (χ3n) is 5.35. The number of urea groups is 1. The van der Waals surface area contributed by atoms with Crippen molar-refractivity contribution in [1.82, 2.24) is 25.4 Å². The summed E-state index contributed by atoms with van der Waals surface area (Å²) in [4.78, 5) is 41.8. The number of nitrogens with one attached hydrogen (secondary N) is 2. The summed E-state index contributed by atoms with van der Waals surface area (Å²) in [6.45, 7) is 3.65. The number of halogens is 1. The van der Waals surface area contributed by atoms with Crippen molar-refractivity contribution in [2.24, 2.45) is 0 Å². The van der Waals surface area contributed by atoms with Crippen molar-refractivity contribution in [2.75, 3.05) is 6.54 Å². The maximum atomic E-state index is 13.7. The quantitative estimate of drug-likeness (QED) is 0.383. The summed E-state index contributed by atoms with van der Waals surface area (Å²) in [6.07, 6.45) is 0.248. The Bertz CT molecular complexity index is 1420. The van der Waals surface area contributed by atoms with E-state index in [0.717, 1.165) is 5.56 Å². The summed E-state index contributed by atoms with van der Waals surface area (Å²) in [5.41, 5.74) is 2.48. The Labute approximate surface area is 206 Å². The van der Waals surface area contributed by atoms with Crippen LogP contribution in [-0.2, 0) is 16.1 Å². The number of aromatic nitrogens is 3. The minimum Gasteiger partial charge on any atom is -0.449 e. The number of ether oxygens (including phenoxy) is 1. The van der Waals surface area contributed by atoms with E-state index in [1.807, 2.05) is 30.3 Å². The van der Waals surface area contributed by atoms with Crippen LogP contribution < -0.4 is 10.6 Å². The third-order valence-corrected chi connectivity index (χ3v) is 5.35. The zero-order chi connectivity index (χ0) is 25.7. The number of carbonyl (C=O) groups is 3. The first-order chi connectivity index (χ1) is 17.4. The summed E-state index contributed by atoms with van der Waals surface area (Å²) in [7, 11) is 0. The van der Waals surface area contributed by atoms with Crippen molar-refractivity contribution in [3.8, 4) is 11.3 Å². The number of rotatable bonds is 7. The minimum atomic E-state index is -1.23. The average Bonchev–Trinajstić information content (AvgIpc) is 3.26. The number of amides is 3. The van der Waals surface area contributed by atoms with Crippen LogP contribution in [-0.4, -0.2) is 45.3 Å². The lowest BCUT2D eigenvalue weighted by Crippen LogP contribution is -2.44. The number of benzene rings is 2. The van der Waals surface area contributed by atoms with Gasteiger partial charge in [-0.15, -0.1) is 0 Å². The molecule has 1 atom stereocenters. The molecule has 0 aliphatic carbocycles. The maximum absolute atomic E-state index is 13.7. The molecule has 2 aromatic carbocycles. The molecule has 4 aromatic rings. The Balaban J connectivity index is 1.69. The van der Waals surface area contributed by atoms with Crippen LogP contribution in [0.1, 0.15) is 29.8 Å². The molecule has 9 nitrogen and oxygen atoms in total. The highest BCUT2D eigenvalue weighted by Crippen LogP contribution is 2.26. The second-order valence-electron chi connectivity index (χ2n) is 7.99.